The first-order valence-electron chi connectivity index (χ1n) is 10.8. The van der Waals surface area contributed by atoms with E-state index >= 15 is 0 Å². The fraction of sp³-hybridized carbons (Fsp3) is 0.120. The molecular formula is C25H24N4O7S. The zero-order chi connectivity index (χ0) is 26.8. The second-order valence-corrected chi connectivity index (χ2v) is 9.35. The van der Waals surface area contributed by atoms with Gasteiger partial charge in [0.1, 0.15) is 5.75 Å². The van der Waals surface area contributed by atoms with Gasteiger partial charge in [0.15, 0.2) is 6.61 Å². The van der Waals surface area contributed by atoms with Gasteiger partial charge in [-0.25, -0.2) is 13.2 Å². The van der Waals surface area contributed by atoms with Crippen molar-refractivity contribution < 1.29 is 32.3 Å². The van der Waals surface area contributed by atoms with Crippen LogP contribution in [0.25, 0.3) is 0 Å². The van der Waals surface area contributed by atoms with E-state index in [1.165, 1.54) is 37.3 Å². The predicted octanol–water partition coefficient (Wildman–Crippen LogP) is 3.21. The fourth-order valence-electron chi connectivity index (χ4n) is 3.01. The van der Waals surface area contributed by atoms with Crippen molar-refractivity contribution in [1.82, 2.24) is 5.32 Å². The lowest BCUT2D eigenvalue weighted by Gasteiger charge is -2.16. The molecule has 0 atom stereocenters. The number of anilines is 2. The van der Waals surface area contributed by atoms with E-state index in [1.54, 1.807) is 48.5 Å². The van der Waals surface area contributed by atoms with Crippen LogP contribution in [0.2, 0.25) is 0 Å². The highest BCUT2D eigenvalue weighted by molar-refractivity contribution is 7.91. The minimum atomic E-state index is -3.92. The van der Waals surface area contributed by atoms with Crippen molar-refractivity contribution in [2.75, 3.05) is 24.4 Å². The van der Waals surface area contributed by atoms with Crippen LogP contribution in [-0.2, 0) is 24.2 Å². The van der Waals surface area contributed by atoms with Crippen LogP contribution in [0.1, 0.15) is 6.92 Å². The molecule has 0 fully saturated rings. The minimum Gasteiger partial charge on any atom is -0.484 e. The monoisotopic (exact) mass is 524 g/mol. The van der Waals surface area contributed by atoms with Crippen molar-refractivity contribution in [3.8, 4) is 5.75 Å². The standard InChI is InChI=1S/C25H24N4O7S/c1-17(30)26-21-14-13-20(37(33,34)19-11-7-4-8-12-19)15-22(21)27-24(29-25(32)35-2)28-23(31)16-36-18-9-5-3-6-10-18/h3-15H,16H2,1-2H3,(H,26,30)(H2,27,28,29,31,32). The Balaban J connectivity index is 1.95. The third kappa shape index (κ3) is 7.64. The molecular weight excluding hydrogens is 500 g/mol. The first-order chi connectivity index (χ1) is 17.7. The van der Waals surface area contributed by atoms with Crippen molar-refractivity contribution >= 4 is 45.1 Å². The lowest BCUT2D eigenvalue weighted by molar-refractivity contribution is -0.119. The number of hydrogen-bond acceptors (Lipinski definition) is 7. The number of methoxy groups -OCH3 is 1. The van der Waals surface area contributed by atoms with E-state index in [0.29, 0.717) is 5.75 Å². The highest BCUT2D eigenvalue weighted by Crippen LogP contribution is 2.29. The first-order valence-corrected chi connectivity index (χ1v) is 12.3. The molecule has 37 heavy (non-hydrogen) atoms. The van der Waals surface area contributed by atoms with Gasteiger partial charge in [-0.1, -0.05) is 36.4 Å². The smallest absolute Gasteiger partial charge is 0.413 e. The maximum Gasteiger partial charge on any atom is 0.413 e. The van der Waals surface area contributed by atoms with Crippen molar-refractivity contribution in [2.45, 2.75) is 16.7 Å². The van der Waals surface area contributed by atoms with E-state index in [4.69, 9.17) is 4.74 Å². The van der Waals surface area contributed by atoms with Crippen LogP contribution in [0.5, 0.6) is 5.75 Å². The normalized spacial score (nSPS) is 11.2. The summed E-state index contributed by atoms with van der Waals surface area (Å²) in [6, 6.07) is 20.2. The molecule has 0 bridgehead atoms. The van der Waals surface area contributed by atoms with Gasteiger partial charge in [-0.2, -0.15) is 4.99 Å². The van der Waals surface area contributed by atoms with E-state index in [2.05, 4.69) is 25.7 Å². The van der Waals surface area contributed by atoms with Crippen LogP contribution in [0, 0.1) is 0 Å². The Labute approximate surface area is 213 Å². The summed E-state index contributed by atoms with van der Waals surface area (Å²) < 4.78 is 36.2. The molecule has 12 heteroatoms. The van der Waals surface area contributed by atoms with Gasteiger partial charge in [0.2, 0.25) is 21.7 Å². The number of carbonyl (C=O) groups is 3. The highest BCUT2D eigenvalue weighted by atomic mass is 32.2. The highest BCUT2D eigenvalue weighted by Gasteiger charge is 2.20. The number of benzene rings is 3. The van der Waals surface area contributed by atoms with Crippen LogP contribution in [0.15, 0.2) is 93.6 Å². The van der Waals surface area contributed by atoms with Gasteiger partial charge in [-0.05, 0) is 42.5 Å². The number of nitrogens with zero attached hydrogens (tertiary/aromatic N) is 1. The number of carbonyl (C=O) groups excluding carboxylic acids is 3. The lowest BCUT2D eigenvalue weighted by Crippen LogP contribution is -2.37. The Morgan fingerprint density at radius 1 is 0.838 bits per heavy atom. The number of alkyl carbamates (subject to hydrolysis) is 1. The van der Waals surface area contributed by atoms with Crippen molar-refractivity contribution in [3.05, 3.63) is 78.9 Å². The molecule has 0 unspecified atom stereocenters. The SMILES string of the molecule is COC(=O)N/C(=N\C(=O)COc1ccccc1)Nc1cc(S(=O)(=O)c2ccccc2)ccc1NC(C)=O. The topological polar surface area (TPSA) is 152 Å². The summed E-state index contributed by atoms with van der Waals surface area (Å²) >= 11 is 0. The lowest BCUT2D eigenvalue weighted by atomic mass is 10.2. The molecule has 0 aliphatic carbocycles. The Bertz CT molecular complexity index is 1410. The Kier molecular flexibility index (Phi) is 8.95. The molecule has 0 aromatic heterocycles. The van der Waals surface area contributed by atoms with Gasteiger partial charge in [-0.3, -0.25) is 14.9 Å². The van der Waals surface area contributed by atoms with Gasteiger partial charge in [0, 0.05) is 6.92 Å². The van der Waals surface area contributed by atoms with Crippen molar-refractivity contribution in [2.24, 2.45) is 4.99 Å². The number of guanidine groups is 1. The van der Waals surface area contributed by atoms with E-state index in [1.807, 2.05) is 0 Å². The zero-order valence-corrected chi connectivity index (χ0v) is 20.7. The summed E-state index contributed by atoms with van der Waals surface area (Å²) in [7, 11) is -2.81. The molecule has 11 nitrogen and oxygen atoms in total. The minimum absolute atomic E-state index is 0.0409. The number of ether oxygens (including phenoxy) is 2. The number of aliphatic imine (C=N–C) groups is 1. The second kappa shape index (κ2) is 12.3. The van der Waals surface area contributed by atoms with Gasteiger partial charge in [-0.15, -0.1) is 0 Å². The summed E-state index contributed by atoms with van der Waals surface area (Å²) in [6.45, 7) is 0.823. The molecule has 0 spiro atoms. The van der Waals surface area contributed by atoms with E-state index in [0.717, 1.165) is 7.11 Å². The third-order valence-corrected chi connectivity index (χ3v) is 6.43. The van der Waals surface area contributed by atoms with Crippen LogP contribution in [-0.4, -0.2) is 46.0 Å². The third-order valence-electron chi connectivity index (χ3n) is 4.67. The zero-order valence-electron chi connectivity index (χ0n) is 19.9. The Morgan fingerprint density at radius 3 is 2.11 bits per heavy atom. The summed E-state index contributed by atoms with van der Waals surface area (Å²) in [5, 5.41) is 7.51. The summed E-state index contributed by atoms with van der Waals surface area (Å²) in [5.41, 5.74) is 0.214. The molecule has 192 valence electrons. The fourth-order valence-corrected chi connectivity index (χ4v) is 4.32. The largest absolute Gasteiger partial charge is 0.484 e. The second-order valence-electron chi connectivity index (χ2n) is 7.40. The van der Waals surface area contributed by atoms with Crippen molar-refractivity contribution in [1.29, 1.82) is 0 Å². The van der Waals surface area contributed by atoms with Crippen LogP contribution in [0.4, 0.5) is 16.2 Å². The summed E-state index contributed by atoms with van der Waals surface area (Å²) in [6.07, 6.45) is -0.947. The van der Waals surface area contributed by atoms with Gasteiger partial charge >= 0.3 is 6.09 Å². The number of hydrogen-bond donors (Lipinski definition) is 3. The molecule has 0 heterocycles. The summed E-state index contributed by atoms with van der Waals surface area (Å²) in [5.74, 6) is -1.15. The maximum absolute atomic E-state index is 13.1. The van der Waals surface area contributed by atoms with E-state index in [-0.39, 0.29) is 27.1 Å². The Hall–Kier alpha value is -4.71. The van der Waals surface area contributed by atoms with Crippen LogP contribution in [0.3, 0.4) is 0 Å². The molecule has 3 rings (SSSR count). The van der Waals surface area contributed by atoms with E-state index in [9.17, 15) is 22.8 Å². The van der Waals surface area contributed by atoms with Crippen LogP contribution < -0.4 is 20.7 Å². The first kappa shape index (κ1) is 26.9. The van der Waals surface area contributed by atoms with Gasteiger partial charge in [0.25, 0.3) is 5.91 Å². The molecule has 0 aliphatic rings. The van der Waals surface area contributed by atoms with Crippen molar-refractivity contribution in [3.63, 3.8) is 0 Å². The number of para-hydroxylation sites is 1. The van der Waals surface area contributed by atoms with Crippen LogP contribution >= 0.6 is 0 Å². The summed E-state index contributed by atoms with van der Waals surface area (Å²) in [4.78, 5) is 39.8. The average molecular weight is 525 g/mol. The Morgan fingerprint density at radius 2 is 1.49 bits per heavy atom. The molecule has 3 amide bonds. The number of nitrogens with one attached hydrogen (secondary N) is 3. The number of amides is 3. The molecule has 0 saturated carbocycles. The predicted molar refractivity (Wildman–Crippen MR) is 136 cm³/mol. The number of rotatable bonds is 7. The average Bonchev–Trinajstić information content (AvgIpc) is 2.89. The molecule has 3 aromatic carbocycles. The van der Waals surface area contributed by atoms with Gasteiger partial charge < -0.3 is 20.1 Å². The molecule has 0 radical (unpaired) electrons. The quantitative estimate of drug-likeness (QED) is 0.315. The molecule has 0 saturated heterocycles. The molecule has 3 N–H and O–H groups in total. The molecule has 3 aromatic rings. The maximum atomic E-state index is 13.1. The van der Waals surface area contributed by atoms with E-state index < -0.39 is 34.4 Å². The van der Waals surface area contributed by atoms with Gasteiger partial charge in [0.05, 0.1) is 28.3 Å². The molecule has 0 aliphatic heterocycles. The number of sulfone groups is 1.